The zero-order chi connectivity index (χ0) is 12.5. The summed E-state index contributed by atoms with van der Waals surface area (Å²) in [4.78, 5) is 6.21. The van der Waals surface area contributed by atoms with E-state index in [1.54, 1.807) is 6.20 Å². The molecule has 0 aliphatic rings. The quantitative estimate of drug-likeness (QED) is 0.739. The molecule has 1 rings (SSSR count). The lowest BCUT2D eigenvalue weighted by Crippen LogP contribution is -2.42. The third kappa shape index (κ3) is 5.10. The van der Waals surface area contributed by atoms with Gasteiger partial charge in [0.25, 0.3) is 0 Å². The van der Waals surface area contributed by atoms with Crippen molar-refractivity contribution in [3.8, 4) is 0 Å². The number of nitrogens with one attached hydrogen (secondary N) is 2. The Bertz CT molecular complexity index is 329. The van der Waals surface area contributed by atoms with Crippen molar-refractivity contribution in [2.75, 3.05) is 26.7 Å². The van der Waals surface area contributed by atoms with Crippen molar-refractivity contribution in [3.63, 3.8) is 0 Å². The number of thiocarbonyl (C=S) groups is 1. The van der Waals surface area contributed by atoms with Crippen LogP contribution < -0.4 is 10.6 Å². The molecule has 17 heavy (non-hydrogen) atoms. The number of hydrogen-bond donors (Lipinski definition) is 2. The van der Waals surface area contributed by atoms with Crippen LogP contribution in [-0.4, -0.2) is 41.7 Å². The molecule has 0 aliphatic carbocycles. The van der Waals surface area contributed by atoms with Crippen molar-refractivity contribution in [2.24, 2.45) is 0 Å². The maximum absolute atomic E-state index is 5.35. The number of rotatable bonds is 6. The highest BCUT2D eigenvalue weighted by molar-refractivity contribution is 7.80. The number of hydrogen-bond acceptors (Lipinski definition) is 3. The lowest BCUT2D eigenvalue weighted by atomic mass is 10.3. The molecule has 0 unspecified atom stereocenters. The fourth-order valence-corrected chi connectivity index (χ4v) is 1.73. The highest BCUT2D eigenvalue weighted by Gasteiger charge is 2.05. The van der Waals surface area contributed by atoms with Crippen LogP contribution in [0.1, 0.15) is 12.5 Å². The normalized spacial score (nSPS) is 10.0. The molecule has 0 saturated carbocycles. The van der Waals surface area contributed by atoms with Crippen molar-refractivity contribution in [2.45, 2.75) is 13.5 Å². The molecule has 0 amide bonds. The summed E-state index contributed by atoms with van der Waals surface area (Å²) in [5, 5.41) is 7.17. The van der Waals surface area contributed by atoms with Gasteiger partial charge >= 0.3 is 0 Å². The summed E-state index contributed by atoms with van der Waals surface area (Å²) < 4.78 is 0. The van der Waals surface area contributed by atoms with Gasteiger partial charge in [-0.15, -0.1) is 0 Å². The summed E-state index contributed by atoms with van der Waals surface area (Å²) in [5.41, 5.74) is 1.14. The third-order valence-electron chi connectivity index (χ3n) is 2.47. The molecule has 1 aromatic heterocycles. The van der Waals surface area contributed by atoms with Crippen LogP contribution in [0.3, 0.4) is 0 Å². The van der Waals surface area contributed by atoms with E-state index in [-0.39, 0.29) is 0 Å². The topological polar surface area (TPSA) is 40.2 Å². The summed E-state index contributed by atoms with van der Waals surface area (Å²) in [7, 11) is 1.94. The Morgan fingerprint density at radius 3 is 2.94 bits per heavy atom. The summed E-state index contributed by atoms with van der Waals surface area (Å²) in [6.07, 6.45) is 3.62. The summed E-state index contributed by atoms with van der Waals surface area (Å²) in [6, 6.07) is 3.96. The van der Waals surface area contributed by atoms with E-state index in [1.165, 1.54) is 0 Å². The van der Waals surface area contributed by atoms with Gasteiger partial charge in [0.05, 0.1) is 0 Å². The molecule has 0 saturated heterocycles. The van der Waals surface area contributed by atoms with E-state index in [0.29, 0.717) is 0 Å². The molecule has 2 N–H and O–H groups in total. The average Bonchev–Trinajstić information content (AvgIpc) is 2.38. The van der Waals surface area contributed by atoms with Crippen molar-refractivity contribution in [1.82, 2.24) is 20.5 Å². The minimum Gasteiger partial charge on any atom is -0.358 e. The summed E-state index contributed by atoms with van der Waals surface area (Å²) in [6.45, 7) is 5.60. The van der Waals surface area contributed by atoms with Gasteiger partial charge in [0.2, 0.25) is 0 Å². The molecular formula is C12H20N4S. The first-order valence-electron chi connectivity index (χ1n) is 5.84. The van der Waals surface area contributed by atoms with E-state index in [9.17, 15) is 0 Å². The third-order valence-corrected chi connectivity index (χ3v) is 2.87. The summed E-state index contributed by atoms with van der Waals surface area (Å²) >= 11 is 5.35. The van der Waals surface area contributed by atoms with Crippen LogP contribution in [0.5, 0.6) is 0 Å². The SMILES string of the molecule is CCN(CCNC)C(=S)NCc1cccnc1. The standard InChI is InChI=1S/C12H20N4S/c1-3-16(8-7-13-2)12(17)15-10-11-5-4-6-14-9-11/h4-6,9,13H,3,7-8,10H2,1-2H3,(H,15,17). The van der Waals surface area contributed by atoms with Crippen LogP contribution in [0.2, 0.25) is 0 Å². The van der Waals surface area contributed by atoms with E-state index in [2.05, 4.69) is 27.4 Å². The van der Waals surface area contributed by atoms with Gasteiger partial charge in [-0.1, -0.05) is 6.07 Å². The van der Waals surface area contributed by atoms with Crippen molar-refractivity contribution in [3.05, 3.63) is 30.1 Å². The second-order valence-electron chi connectivity index (χ2n) is 3.70. The molecule has 0 bridgehead atoms. The molecule has 0 fully saturated rings. The zero-order valence-corrected chi connectivity index (χ0v) is 11.3. The van der Waals surface area contributed by atoms with Crippen LogP contribution in [0.15, 0.2) is 24.5 Å². The molecule has 1 aromatic rings. The summed E-state index contributed by atoms with van der Waals surface area (Å²) in [5.74, 6) is 0. The van der Waals surface area contributed by atoms with Gasteiger partial charge in [0.15, 0.2) is 5.11 Å². The van der Waals surface area contributed by atoms with Gasteiger partial charge in [-0.3, -0.25) is 4.98 Å². The van der Waals surface area contributed by atoms with Gasteiger partial charge in [0.1, 0.15) is 0 Å². The van der Waals surface area contributed by atoms with Crippen LogP contribution in [-0.2, 0) is 6.54 Å². The van der Waals surface area contributed by atoms with Gasteiger partial charge in [-0.2, -0.15) is 0 Å². The predicted octanol–water partition coefficient (Wildman–Crippen LogP) is 0.997. The number of nitrogens with zero attached hydrogens (tertiary/aromatic N) is 2. The Labute approximate surface area is 108 Å². The Morgan fingerprint density at radius 2 is 2.35 bits per heavy atom. The maximum Gasteiger partial charge on any atom is 0.169 e. The number of aromatic nitrogens is 1. The second kappa shape index (κ2) is 7.97. The van der Waals surface area contributed by atoms with E-state index < -0.39 is 0 Å². The van der Waals surface area contributed by atoms with Crippen molar-refractivity contribution < 1.29 is 0 Å². The first-order chi connectivity index (χ1) is 8.27. The molecule has 1 heterocycles. The smallest absolute Gasteiger partial charge is 0.169 e. The predicted molar refractivity (Wildman–Crippen MR) is 74.8 cm³/mol. The van der Waals surface area contributed by atoms with E-state index in [4.69, 9.17) is 12.2 Å². The van der Waals surface area contributed by atoms with Crippen LogP contribution in [0.25, 0.3) is 0 Å². The Balaban J connectivity index is 2.37. The van der Waals surface area contributed by atoms with E-state index in [0.717, 1.165) is 36.9 Å². The highest BCUT2D eigenvalue weighted by Crippen LogP contribution is 1.96. The minimum absolute atomic E-state index is 0.725. The lowest BCUT2D eigenvalue weighted by Gasteiger charge is -2.24. The van der Waals surface area contributed by atoms with Gasteiger partial charge in [-0.05, 0) is 37.8 Å². The van der Waals surface area contributed by atoms with E-state index >= 15 is 0 Å². The molecule has 4 nitrogen and oxygen atoms in total. The molecule has 94 valence electrons. The van der Waals surface area contributed by atoms with Gasteiger partial charge in [0, 0.05) is 38.6 Å². The molecule has 0 radical (unpaired) electrons. The van der Waals surface area contributed by atoms with Gasteiger partial charge in [-0.25, -0.2) is 0 Å². The first-order valence-corrected chi connectivity index (χ1v) is 6.25. The molecule has 0 atom stereocenters. The zero-order valence-electron chi connectivity index (χ0n) is 10.4. The fourth-order valence-electron chi connectivity index (χ4n) is 1.44. The van der Waals surface area contributed by atoms with Crippen molar-refractivity contribution in [1.29, 1.82) is 0 Å². The van der Waals surface area contributed by atoms with Crippen LogP contribution in [0, 0.1) is 0 Å². The Hall–Kier alpha value is -1.20. The molecule has 0 spiro atoms. The monoisotopic (exact) mass is 252 g/mol. The Kier molecular flexibility index (Phi) is 6.50. The van der Waals surface area contributed by atoms with Crippen molar-refractivity contribution >= 4 is 17.3 Å². The average molecular weight is 252 g/mol. The largest absolute Gasteiger partial charge is 0.358 e. The van der Waals surface area contributed by atoms with Gasteiger partial charge < -0.3 is 15.5 Å². The number of pyridine rings is 1. The maximum atomic E-state index is 5.35. The molecule has 5 heteroatoms. The van der Waals surface area contributed by atoms with Crippen LogP contribution in [0.4, 0.5) is 0 Å². The molecule has 0 aliphatic heterocycles. The minimum atomic E-state index is 0.725. The highest BCUT2D eigenvalue weighted by atomic mass is 32.1. The van der Waals surface area contributed by atoms with Crippen LogP contribution >= 0.6 is 12.2 Å². The fraction of sp³-hybridized carbons (Fsp3) is 0.500. The van der Waals surface area contributed by atoms with E-state index in [1.807, 2.05) is 25.4 Å². The Morgan fingerprint density at radius 1 is 1.53 bits per heavy atom. The molecular weight excluding hydrogens is 232 g/mol. The first kappa shape index (κ1) is 13.9. The second-order valence-corrected chi connectivity index (χ2v) is 4.09. The molecule has 0 aromatic carbocycles. The number of likely N-dealkylation sites (N-methyl/N-ethyl adjacent to an activating group) is 2. The lowest BCUT2D eigenvalue weighted by molar-refractivity contribution is 0.429.